The van der Waals surface area contributed by atoms with Crippen molar-refractivity contribution in [2.45, 2.75) is 0 Å². The number of methoxy groups -OCH3 is 4. The van der Waals surface area contributed by atoms with Gasteiger partial charge in [-0.05, 0) is 18.2 Å². The number of benzene rings is 2. The van der Waals surface area contributed by atoms with Crippen LogP contribution in [-0.2, 0) is 0 Å². The summed E-state index contributed by atoms with van der Waals surface area (Å²) in [5, 5.41) is 11.1. The van der Waals surface area contributed by atoms with Crippen LogP contribution in [-0.4, -0.2) is 33.4 Å². The van der Waals surface area contributed by atoms with E-state index in [0.29, 0.717) is 22.8 Å². The lowest BCUT2D eigenvalue weighted by atomic mass is 10.1. The lowest BCUT2D eigenvalue weighted by Crippen LogP contribution is -1.97. The third kappa shape index (κ3) is 3.78. The normalized spacial score (nSPS) is 9.73. The van der Waals surface area contributed by atoms with Crippen LogP contribution in [0, 0.1) is 27.8 Å². The van der Waals surface area contributed by atoms with Crippen molar-refractivity contribution in [3.8, 4) is 34.8 Å². The second-order valence-electron chi connectivity index (χ2n) is 4.93. The molecule has 0 aromatic heterocycles. The molecule has 136 valence electrons. The summed E-state index contributed by atoms with van der Waals surface area (Å²) in [6.45, 7) is 0. The van der Waals surface area contributed by atoms with Gasteiger partial charge >= 0.3 is 5.69 Å². The molecule has 2 rings (SSSR count). The maximum Gasteiger partial charge on any atom is 0.315 e. The van der Waals surface area contributed by atoms with E-state index in [4.69, 9.17) is 18.9 Å². The summed E-state index contributed by atoms with van der Waals surface area (Å²) >= 11 is 0. The van der Waals surface area contributed by atoms with Crippen molar-refractivity contribution in [1.29, 1.82) is 0 Å². The molecule has 0 atom stereocenters. The minimum atomic E-state index is -0.865. The van der Waals surface area contributed by atoms with Gasteiger partial charge in [-0.1, -0.05) is 11.8 Å². The molecule has 8 heteroatoms. The quantitative estimate of drug-likeness (QED) is 0.462. The molecule has 0 aliphatic carbocycles. The number of nitro benzene ring substituents is 1. The minimum Gasteiger partial charge on any atom is -0.493 e. The minimum absolute atomic E-state index is 0.128. The van der Waals surface area contributed by atoms with Gasteiger partial charge in [-0.15, -0.1) is 0 Å². The average molecular weight is 361 g/mol. The van der Waals surface area contributed by atoms with E-state index >= 15 is 0 Å². The molecule has 0 spiro atoms. The molecular weight excluding hydrogens is 345 g/mol. The Hall–Kier alpha value is -3.47. The molecular formula is C18H16FNO6. The van der Waals surface area contributed by atoms with Gasteiger partial charge in [0.1, 0.15) is 0 Å². The Labute approximate surface area is 149 Å². The smallest absolute Gasteiger partial charge is 0.315 e. The molecule has 0 radical (unpaired) electrons. The highest BCUT2D eigenvalue weighted by molar-refractivity contribution is 5.59. The van der Waals surface area contributed by atoms with Crippen molar-refractivity contribution in [2.24, 2.45) is 0 Å². The third-order valence-corrected chi connectivity index (χ3v) is 3.44. The summed E-state index contributed by atoms with van der Waals surface area (Å²) in [6.07, 6.45) is 0. The molecule has 0 saturated heterocycles. The SMILES string of the molecule is COc1cc(C#Cc2cc(F)c(OC)c([N+](=O)[O-])c2)cc(OC)c1OC. The van der Waals surface area contributed by atoms with Crippen LogP contribution >= 0.6 is 0 Å². The zero-order valence-corrected chi connectivity index (χ0v) is 14.6. The molecule has 0 aliphatic rings. The van der Waals surface area contributed by atoms with Crippen LogP contribution in [0.2, 0.25) is 0 Å². The number of rotatable bonds is 5. The maximum atomic E-state index is 14.0. The highest BCUT2D eigenvalue weighted by Crippen LogP contribution is 2.38. The first-order valence-corrected chi connectivity index (χ1v) is 7.29. The number of ether oxygens (including phenoxy) is 4. The van der Waals surface area contributed by atoms with Gasteiger partial charge in [0.15, 0.2) is 17.3 Å². The topological polar surface area (TPSA) is 80.1 Å². The zero-order chi connectivity index (χ0) is 19.3. The molecule has 0 heterocycles. The molecule has 0 aliphatic heterocycles. The predicted octanol–water partition coefficient (Wildman–Crippen LogP) is 3.17. The maximum absolute atomic E-state index is 14.0. The van der Waals surface area contributed by atoms with E-state index in [1.807, 2.05) is 0 Å². The molecule has 0 unspecified atom stereocenters. The number of hydrogen-bond acceptors (Lipinski definition) is 6. The van der Waals surface area contributed by atoms with E-state index in [1.54, 1.807) is 12.1 Å². The lowest BCUT2D eigenvalue weighted by Gasteiger charge is -2.12. The Bertz CT molecular complexity index is 876. The first kappa shape index (κ1) is 18.9. The molecule has 0 fully saturated rings. The van der Waals surface area contributed by atoms with Crippen LogP contribution in [0.1, 0.15) is 11.1 Å². The fourth-order valence-electron chi connectivity index (χ4n) is 2.29. The van der Waals surface area contributed by atoms with Gasteiger partial charge < -0.3 is 18.9 Å². The predicted molar refractivity (Wildman–Crippen MR) is 91.7 cm³/mol. The molecule has 2 aromatic rings. The van der Waals surface area contributed by atoms with Crippen molar-refractivity contribution in [2.75, 3.05) is 28.4 Å². The van der Waals surface area contributed by atoms with Crippen LogP contribution in [0.3, 0.4) is 0 Å². The number of nitrogens with zero attached hydrogens (tertiary/aromatic N) is 1. The summed E-state index contributed by atoms with van der Waals surface area (Å²) < 4.78 is 34.4. The molecule has 7 nitrogen and oxygen atoms in total. The molecule has 0 saturated carbocycles. The van der Waals surface area contributed by atoms with E-state index < -0.39 is 22.2 Å². The van der Waals surface area contributed by atoms with Gasteiger partial charge in [0.2, 0.25) is 11.5 Å². The van der Waals surface area contributed by atoms with Gasteiger partial charge in [-0.25, -0.2) is 4.39 Å². The second-order valence-corrected chi connectivity index (χ2v) is 4.93. The summed E-state index contributed by atoms with van der Waals surface area (Å²) in [6, 6.07) is 5.44. The molecule has 0 N–H and O–H groups in total. The van der Waals surface area contributed by atoms with Crippen LogP contribution in [0.5, 0.6) is 23.0 Å². The van der Waals surface area contributed by atoms with Crippen molar-refractivity contribution in [3.05, 3.63) is 51.3 Å². The van der Waals surface area contributed by atoms with Gasteiger partial charge in [0.05, 0.1) is 33.4 Å². The van der Waals surface area contributed by atoms with Crippen LogP contribution in [0.15, 0.2) is 24.3 Å². The molecule has 26 heavy (non-hydrogen) atoms. The van der Waals surface area contributed by atoms with Crippen molar-refractivity contribution in [1.82, 2.24) is 0 Å². The van der Waals surface area contributed by atoms with Gasteiger partial charge in [0, 0.05) is 17.2 Å². The molecule has 0 amide bonds. The standard InChI is InChI=1S/C18H16FNO6/c1-23-15-9-12(10-16(24-2)18(15)26-4)6-5-11-7-13(19)17(25-3)14(8-11)20(21)22/h7-10H,1-4H3. The monoisotopic (exact) mass is 361 g/mol. The number of nitro groups is 1. The van der Waals surface area contributed by atoms with E-state index in [1.165, 1.54) is 21.3 Å². The largest absolute Gasteiger partial charge is 0.493 e. The lowest BCUT2D eigenvalue weighted by molar-refractivity contribution is -0.386. The van der Waals surface area contributed by atoms with Crippen LogP contribution < -0.4 is 18.9 Å². The van der Waals surface area contributed by atoms with Crippen molar-refractivity contribution >= 4 is 5.69 Å². The number of hydrogen-bond donors (Lipinski definition) is 0. The fraction of sp³-hybridized carbons (Fsp3) is 0.222. The summed E-state index contributed by atoms with van der Waals surface area (Å²) in [5.41, 5.74) is 0.129. The van der Waals surface area contributed by atoms with E-state index in [-0.39, 0.29) is 5.56 Å². The van der Waals surface area contributed by atoms with Crippen LogP contribution in [0.4, 0.5) is 10.1 Å². The summed E-state index contributed by atoms with van der Waals surface area (Å²) in [7, 11) is 5.57. The highest BCUT2D eigenvalue weighted by Gasteiger charge is 2.20. The van der Waals surface area contributed by atoms with Gasteiger partial charge in [0.25, 0.3) is 0 Å². The molecule has 0 bridgehead atoms. The van der Waals surface area contributed by atoms with E-state index in [9.17, 15) is 14.5 Å². The first-order chi connectivity index (χ1) is 12.4. The Morgan fingerprint density at radius 1 is 0.846 bits per heavy atom. The highest BCUT2D eigenvalue weighted by atomic mass is 19.1. The van der Waals surface area contributed by atoms with Gasteiger partial charge in [-0.2, -0.15) is 0 Å². The fourth-order valence-corrected chi connectivity index (χ4v) is 2.29. The summed E-state index contributed by atoms with van der Waals surface area (Å²) in [4.78, 5) is 10.3. The van der Waals surface area contributed by atoms with Crippen molar-refractivity contribution < 1.29 is 28.3 Å². The third-order valence-electron chi connectivity index (χ3n) is 3.44. The Kier molecular flexibility index (Phi) is 5.86. The Morgan fingerprint density at radius 3 is 1.77 bits per heavy atom. The Morgan fingerprint density at radius 2 is 1.35 bits per heavy atom. The zero-order valence-electron chi connectivity index (χ0n) is 14.6. The van der Waals surface area contributed by atoms with Crippen LogP contribution in [0.25, 0.3) is 0 Å². The first-order valence-electron chi connectivity index (χ1n) is 7.29. The number of halogens is 1. The second kappa shape index (κ2) is 8.07. The van der Waals surface area contributed by atoms with E-state index in [0.717, 1.165) is 19.2 Å². The van der Waals surface area contributed by atoms with Crippen molar-refractivity contribution in [3.63, 3.8) is 0 Å². The molecule has 2 aromatic carbocycles. The van der Waals surface area contributed by atoms with E-state index in [2.05, 4.69) is 11.8 Å². The summed E-state index contributed by atoms with van der Waals surface area (Å²) in [5.74, 6) is 5.40. The van der Waals surface area contributed by atoms with Gasteiger partial charge in [-0.3, -0.25) is 10.1 Å². The average Bonchev–Trinajstić information content (AvgIpc) is 2.64. The Balaban J connectivity index is 2.51.